The lowest BCUT2D eigenvalue weighted by Crippen LogP contribution is -2.36. The first-order valence-corrected chi connectivity index (χ1v) is 7.11. The van der Waals surface area contributed by atoms with Crippen LogP contribution >= 0.6 is 0 Å². The van der Waals surface area contributed by atoms with Gasteiger partial charge in [-0.1, -0.05) is 0 Å². The van der Waals surface area contributed by atoms with Crippen LogP contribution in [0.5, 0.6) is 0 Å². The zero-order valence-corrected chi connectivity index (χ0v) is 12.4. The highest BCUT2D eigenvalue weighted by Crippen LogP contribution is 2.21. The van der Waals surface area contributed by atoms with Crippen molar-refractivity contribution >= 4 is 11.6 Å². The van der Waals surface area contributed by atoms with Crippen molar-refractivity contribution in [3.8, 4) is 0 Å². The number of carbonyl (C=O) groups excluding carboxylic acids is 2. The SMILES string of the molecule is CC(=O)[C@@H]1C[C@@H](OCC(=O)[C@@H]2C[C@H](O)CN2C)CN1C. The Bertz CT molecular complexity index is 387. The molecule has 0 aliphatic carbocycles. The van der Waals surface area contributed by atoms with Gasteiger partial charge in [0.2, 0.25) is 0 Å². The van der Waals surface area contributed by atoms with Gasteiger partial charge in [-0.05, 0) is 33.9 Å². The number of aliphatic hydroxyl groups excluding tert-OH is 1. The van der Waals surface area contributed by atoms with Gasteiger partial charge >= 0.3 is 0 Å². The highest BCUT2D eigenvalue weighted by Gasteiger charge is 2.36. The maximum Gasteiger partial charge on any atom is 0.175 e. The summed E-state index contributed by atoms with van der Waals surface area (Å²) in [6.07, 6.45) is 0.657. The van der Waals surface area contributed by atoms with E-state index in [4.69, 9.17) is 4.74 Å². The number of aliphatic hydroxyl groups is 1. The molecule has 114 valence electrons. The van der Waals surface area contributed by atoms with E-state index in [0.717, 1.165) is 0 Å². The fourth-order valence-electron chi connectivity index (χ4n) is 3.19. The predicted molar refractivity (Wildman–Crippen MR) is 73.5 cm³/mol. The summed E-state index contributed by atoms with van der Waals surface area (Å²) in [5.41, 5.74) is 0. The Hall–Kier alpha value is -0.820. The van der Waals surface area contributed by atoms with Gasteiger partial charge in [-0.25, -0.2) is 0 Å². The van der Waals surface area contributed by atoms with Crippen LogP contribution in [-0.2, 0) is 14.3 Å². The number of Topliss-reactive ketones (excluding diaryl/α,β-unsaturated/α-hetero) is 2. The smallest absolute Gasteiger partial charge is 0.175 e. The van der Waals surface area contributed by atoms with Crippen molar-refractivity contribution in [2.45, 2.75) is 44.1 Å². The molecule has 2 fully saturated rings. The Morgan fingerprint density at radius 2 is 1.80 bits per heavy atom. The minimum absolute atomic E-state index is 0.0120. The predicted octanol–water partition coefficient (Wildman–Crippen LogP) is -0.701. The van der Waals surface area contributed by atoms with Crippen molar-refractivity contribution < 1.29 is 19.4 Å². The molecule has 2 aliphatic rings. The summed E-state index contributed by atoms with van der Waals surface area (Å²) in [7, 11) is 3.74. The Morgan fingerprint density at radius 1 is 1.15 bits per heavy atom. The van der Waals surface area contributed by atoms with E-state index in [-0.39, 0.29) is 36.4 Å². The molecule has 2 saturated heterocycles. The summed E-state index contributed by atoms with van der Waals surface area (Å²) in [6, 6.07) is -0.334. The minimum atomic E-state index is -0.423. The van der Waals surface area contributed by atoms with Crippen molar-refractivity contribution in [3.05, 3.63) is 0 Å². The molecular weight excluding hydrogens is 260 g/mol. The monoisotopic (exact) mass is 284 g/mol. The summed E-state index contributed by atoms with van der Waals surface area (Å²) in [6.45, 7) is 2.87. The van der Waals surface area contributed by atoms with Crippen LogP contribution in [0.2, 0.25) is 0 Å². The molecule has 0 bridgehead atoms. The van der Waals surface area contributed by atoms with E-state index in [2.05, 4.69) is 0 Å². The Morgan fingerprint density at radius 3 is 2.30 bits per heavy atom. The van der Waals surface area contributed by atoms with Gasteiger partial charge < -0.3 is 9.84 Å². The van der Waals surface area contributed by atoms with Crippen LogP contribution in [0.15, 0.2) is 0 Å². The van der Waals surface area contributed by atoms with Crippen molar-refractivity contribution in [1.82, 2.24) is 9.80 Å². The molecule has 6 heteroatoms. The van der Waals surface area contributed by atoms with E-state index in [9.17, 15) is 14.7 Å². The van der Waals surface area contributed by atoms with Crippen LogP contribution in [0.3, 0.4) is 0 Å². The van der Waals surface area contributed by atoms with Gasteiger partial charge in [0, 0.05) is 13.1 Å². The van der Waals surface area contributed by atoms with Gasteiger partial charge in [-0.3, -0.25) is 19.4 Å². The third-order valence-corrected chi connectivity index (χ3v) is 4.34. The number of rotatable bonds is 5. The Labute approximate surface area is 119 Å². The third-order valence-electron chi connectivity index (χ3n) is 4.34. The van der Waals surface area contributed by atoms with Crippen LogP contribution < -0.4 is 0 Å². The molecule has 2 aliphatic heterocycles. The fourth-order valence-corrected chi connectivity index (χ4v) is 3.19. The van der Waals surface area contributed by atoms with Gasteiger partial charge in [0.1, 0.15) is 12.4 Å². The molecule has 6 nitrogen and oxygen atoms in total. The second-order valence-corrected chi connectivity index (χ2v) is 6.05. The topological polar surface area (TPSA) is 70.1 Å². The summed E-state index contributed by atoms with van der Waals surface area (Å²) in [5, 5.41) is 9.55. The molecule has 0 spiro atoms. The lowest BCUT2D eigenvalue weighted by molar-refractivity contribution is -0.129. The highest BCUT2D eigenvalue weighted by atomic mass is 16.5. The molecule has 0 radical (unpaired) electrons. The van der Waals surface area contributed by atoms with E-state index in [0.29, 0.717) is 25.9 Å². The van der Waals surface area contributed by atoms with Crippen LogP contribution in [0.1, 0.15) is 19.8 Å². The van der Waals surface area contributed by atoms with E-state index in [1.807, 2.05) is 23.9 Å². The van der Waals surface area contributed by atoms with E-state index in [1.165, 1.54) is 0 Å². The highest BCUT2D eigenvalue weighted by molar-refractivity contribution is 5.85. The second kappa shape index (κ2) is 6.30. The molecule has 2 heterocycles. The van der Waals surface area contributed by atoms with Gasteiger partial charge in [0.15, 0.2) is 5.78 Å². The zero-order valence-electron chi connectivity index (χ0n) is 12.4. The van der Waals surface area contributed by atoms with Gasteiger partial charge in [-0.15, -0.1) is 0 Å². The van der Waals surface area contributed by atoms with Crippen LogP contribution in [-0.4, -0.2) is 84.6 Å². The van der Waals surface area contributed by atoms with E-state index in [1.54, 1.807) is 6.92 Å². The quantitative estimate of drug-likeness (QED) is 0.720. The summed E-state index contributed by atoms with van der Waals surface area (Å²) in [5.74, 6) is 0.154. The van der Waals surface area contributed by atoms with Crippen molar-refractivity contribution in [3.63, 3.8) is 0 Å². The number of ether oxygens (including phenoxy) is 1. The average molecular weight is 284 g/mol. The lowest BCUT2D eigenvalue weighted by atomic mass is 10.1. The summed E-state index contributed by atoms with van der Waals surface area (Å²) >= 11 is 0. The Kier molecular flexibility index (Phi) is 4.90. The normalized spacial score (nSPS) is 35.6. The van der Waals surface area contributed by atoms with Crippen molar-refractivity contribution in [1.29, 1.82) is 0 Å². The molecule has 2 rings (SSSR count). The largest absolute Gasteiger partial charge is 0.392 e. The standard InChI is InChI=1S/C14H24N2O4/c1-9(17)12-5-11(7-16(12)3)20-8-14(19)13-4-10(18)6-15(13)2/h10-13,18H,4-8H2,1-3H3/t10-,11+,12-,13-/m0/s1. The molecule has 0 aromatic carbocycles. The third kappa shape index (κ3) is 3.44. The molecule has 4 atom stereocenters. The molecular formula is C14H24N2O4. The molecule has 0 aromatic heterocycles. The van der Waals surface area contributed by atoms with Crippen LogP contribution in [0, 0.1) is 0 Å². The number of β-amino-alcohol motifs (C(OH)–C–C–N with tert-alkyl or cyclic N) is 1. The van der Waals surface area contributed by atoms with Gasteiger partial charge in [0.25, 0.3) is 0 Å². The van der Waals surface area contributed by atoms with E-state index >= 15 is 0 Å². The fraction of sp³-hybridized carbons (Fsp3) is 0.857. The number of likely N-dealkylation sites (N-methyl/N-ethyl adjacent to an activating group) is 2. The first-order valence-electron chi connectivity index (χ1n) is 7.11. The molecule has 0 amide bonds. The van der Waals surface area contributed by atoms with Gasteiger partial charge in [0.05, 0.1) is 24.3 Å². The number of likely N-dealkylation sites (tertiary alicyclic amines) is 2. The molecule has 0 unspecified atom stereocenters. The van der Waals surface area contributed by atoms with Crippen molar-refractivity contribution in [2.24, 2.45) is 0 Å². The second-order valence-electron chi connectivity index (χ2n) is 6.05. The van der Waals surface area contributed by atoms with Gasteiger partial charge in [-0.2, -0.15) is 0 Å². The summed E-state index contributed by atoms with van der Waals surface area (Å²) < 4.78 is 5.66. The number of nitrogens with zero attached hydrogens (tertiary/aromatic N) is 2. The molecule has 1 N–H and O–H groups in total. The maximum absolute atomic E-state index is 12.1. The minimum Gasteiger partial charge on any atom is -0.392 e. The molecule has 20 heavy (non-hydrogen) atoms. The molecule has 0 saturated carbocycles. The maximum atomic E-state index is 12.1. The molecule has 0 aromatic rings. The van der Waals surface area contributed by atoms with E-state index < -0.39 is 6.10 Å². The first-order chi connectivity index (χ1) is 9.38. The average Bonchev–Trinajstić information content (AvgIpc) is 2.89. The zero-order chi connectivity index (χ0) is 14.9. The summed E-state index contributed by atoms with van der Waals surface area (Å²) in [4.78, 5) is 27.4. The number of hydrogen-bond donors (Lipinski definition) is 1. The first kappa shape index (κ1) is 15.6. The number of hydrogen-bond acceptors (Lipinski definition) is 6. The lowest BCUT2D eigenvalue weighted by Gasteiger charge is -2.18. The van der Waals surface area contributed by atoms with Crippen LogP contribution in [0.4, 0.5) is 0 Å². The Balaban J connectivity index is 1.79. The van der Waals surface area contributed by atoms with Crippen molar-refractivity contribution in [2.75, 3.05) is 33.8 Å². The van der Waals surface area contributed by atoms with Crippen LogP contribution in [0.25, 0.3) is 0 Å². The number of carbonyl (C=O) groups is 2. The number of ketones is 2.